The predicted molar refractivity (Wildman–Crippen MR) is 78.0 cm³/mol. The molecule has 0 aliphatic rings. The summed E-state index contributed by atoms with van der Waals surface area (Å²) in [7, 11) is 0. The van der Waals surface area contributed by atoms with E-state index in [0.29, 0.717) is 5.75 Å². The Morgan fingerprint density at radius 3 is 2.53 bits per heavy atom. The Morgan fingerprint density at radius 2 is 1.89 bits per heavy atom. The first-order chi connectivity index (χ1) is 8.97. The number of hydrogen-bond acceptors (Lipinski definition) is 2. The van der Waals surface area contributed by atoms with E-state index in [1.807, 2.05) is 26.0 Å². The van der Waals surface area contributed by atoms with E-state index in [9.17, 15) is 4.39 Å². The van der Waals surface area contributed by atoms with E-state index in [0.717, 1.165) is 15.6 Å². The Kier molecular flexibility index (Phi) is 4.22. The number of hydrogen-bond donors (Lipinski definition) is 1. The van der Waals surface area contributed by atoms with Crippen molar-refractivity contribution in [1.29, 1.82) is 0 Å². The summed E-state index contributed by atoms with van der Waals surface area (Å²) in [6.45, 7) is 3.79. The van der Waals surface area contributed by atoms with Crippen LogP contribution in [0.2, 0.25) is 0 Å². The lowest BCUT2D eigenvalue weighted by Gasteiger charge is -2.12. The normalized spacial score (nSPS) is 12.3. The second-order valence-corrected chi connectivity index (χ2v) is 5.37. The van der Waals surface area contributed by atoms with Crippen LogP contribution in [-0.2, 0) is 0 Å². The number of nitrogens with two attached hydrogens (primary N) is 1. The van der Waals surface area contributed by atoms with Crippen LogP contribution < -0.4 is 10.5 Å². The lowest BCUT2D eigenvalue weighted by Crippen LogP contribution is -2.04. The highest BCUT2D eigenvalue weighted by Gasteiger charge is 2.09. The monoisotopic (exact) mass is 323 g/mol. The predicted octanol–water partition coefficient (Wildman–Crippen LogP) is 4.71. The highest BCUT2D eigenvalue weighted by Crippen LogP contribution is 2.33. The molecule has 0 bridgehead atoms. The summed E-state index contributed by atoms with van der Waals surface area (Å²) in [6.07, 6.45) is 0. The molecule has 19 heavy (non-hydrogen) atoms. The van der Waals surface area contributed by atoms with Crippen molar-refractivity contribution in [2.45, 2.75) is 19.9 Å². The molecule has 0 heterocycles. The molecule has 0 aliphatic heterocycles. The SMILES string of the molecule is Cc1ccc(F)c(Oc2ccc(C(C)N)cc2Br)c1. The minimum absolute atomic E-state index is 0.0546. The van der Waals surface area contributed by atoms with E-state index in [1.54, 1.807) is 18.2 Å². The Morgan fingerprint density at radius 1 is 1.16 bits per heavy atom. The maximum atomic E-state index is 13.6. The van der Waals surface area contributed by atoms with Crippen LogP contribution in [0.15, 0.2) is 40.9 Å². The van der Waals surface area contributed by atoms with Gasteiger partial charge in [-0.25, -0.2) is 4.39 Å². The van der Waals surface area contributed by atoms with E-state index in [1.165, 1.54) is 6.07 Å². The van der Waals surface area contributed by atoms with Crippen molar-refractivity contribution >= 4 is 15.9 Å². The smallest absolute Gasteiger partial charge is 0.165 e. The van der Waals surface area contributed by atoms with Gasteiger partial charge in [-0.05, 0) is 65.2 Å². The molecule has 0 aromatic heterocycles. The van der Waals surface area contributed by atoms with Gasteiger partial charge in [-0.3, -0.25) is 0 Å². The molecule has 0 fully saturated rings. The van der Waals surface area contributed by atoms with Crippen LogP contribution in [0.4, 0.5) is 4.39 Å². The first kappa shape index (κ1) is 14.0. The van der Waals surface area contributed by atoms with E-state index >= 15 is 0 Å². The van der Waals surface area contributed by atoms with Crippen LogP contribution in [0, 0.1) is 12.7 Å². The average molecular weight is 324 g/mol. The summed E-state index contributed by atoms with van der Waals surface area (Å²) >= 11 is 3.41. The van der Waals surface area contributed by atoms with Gasteiger partial charge in [0.05, 0.1) is 4.47 Å². The zero-order chi connectivity index (χ0) is 14.0. The first-order valence-corrected chi connectivity index (χ1v) is 6.75. The maximum Gasteiger partial charge on any atom is 0.165 e. The van der Waals surface area contributed by atoms with Crippen LogP contribution >= 0.6 is 15.9 Å². The maximum absolute atomic E-state index is 13.6. The van der Waals surface area contributed by atoms with Gasteiger partial charge in [0.15, 0.2) is 11.6 Å². The molecular formula is C15H15BrFNO. The average Bonchev–Trinajstić information content (AvgIpc) is 2.36. The molecule has 2 nitrogen and oxygen atoms in total. The van der Waals surface area contributed by atoms with Crippen LogP contribution in [0.1, 0.15) is 24.1 Å². The third-order valence-corrected chi connectivity index (χ3v) is 3.41. The molecular weight excluding hydrogens is 309 g/mol. The molecule has 2 rings (SSSR count). The second-order valence-electron chi connectivity index (χ2n) is 4.51. The standard InChI is InChI=1S/C15H15BrFNO/c1-9-3-5-13(17)15(7-9)19-14-6-4-11(10(2)18)8-12(14)16/h3-8,10H,18H2,1-2H3. The number of aryl methyl sites for hydroxylation is 1. The number of rotatable bonds is 3. The van der Waals surface area contributed by atoms with Gasteiger partial charge in [-0.2, -0.15) is 0 Å². The minimum Gasteiger partial charge on any atom is -0.453 e. The van der Waals surface area contributed by atoms with E-state index < -0.39 is 0 Å². The highest BCUT2D eigenvalue weighted by molar-refractivity contribution is 9.10. The fourth-order valence-corrected chi connectivity index (χ4v) is 2.17. The molecule has 0 saturated heterocycles. The van der Waals surface area contributed by atoms with E-state index in [2.05, 4.69) is 15.9 Å². The summed E-state index contributed by atoms with van der Waals surface area (Å²) in [6, 6.07) is 10.3. The van der Waals surface area contributed by atoms with Crippen LogP contribution in [0.25, 0.3) is 0 Å². The van der Waals surface area contributed by atoms with Gasteiger partial charge in [0, 0.05) is 6.04 Å². The van der Waals surface area contributed by atoms with Crippen molar-refractivity contribution < 1.29 is 9.13 Å². The molecule has 1 atom stereocenters. The molecule has 4 heteroatoms. The molecule has 0 saturated carbocycles. The second kappa shape index (κ2) is 5.72. The van der Waals surface area contributed by atoms with Crippen molar-refractivity contribution in [3.05, 3.63) is 57.8 Å². The Labute approximate surface area is 120 Å². The van der Waals surface area contributed by atoms with Crippen molar-refractivity contribution in [3.63, 3.8) is 0 Å². The van der Waals surface area contributed by atoms with Crippen molar-refractivity contribution in [2.75, 3.05) is 0 Å². The Bertz CT molecular complexity index is 599. The Balaban J connectivity index is 2.31. The Hall–Kier alpha value is -1.39. The van der Waals surface area contributed by atoms with Crippen molar-refractivity contribution in [2.24, 2.45) is 5.73 Å². The number of halogens is 2. The van der Waals surface area contributed by atoms with Gasteiger partial charge in [-0.15, -0.1) is 0 Å². The zero-order valence-electron chi connectivity index (χ0n) is 10.8. The molecule has 2 aromatic rings. The lowest BCUT2D eigenvalue weighted by atomic mass is 10.1. The van der Waals surface area contributed by atoms with Crippen LogP contribution in [-0.4, -0.2) is 0 Å². The lowest BCUT2D eigenvalue weighted by molar-refractivity contribution is 0.439. The fraction of sp³-hybridized carbons (Fsp3) is 0.200. The highest BCUT2D eigenvalue weighted by atomic mass is 79.9. The third-order valence-electron chi connectivity index (χ3n) is 2.79. The van der Waals surface area contributed by atoms with Gasteiger partial charge in [0.1, 0.15) is 5.75 Å². The third kappa shape index (κ3) is 3.33. The van der Waals surface area contributed by atoms with E-state index in [-0.39, 0.29) is 17.6 Å². The number of benzene rings is 2. The van der Waals surface area contributed by atoms with Crippen molar-refractivity contribution in [3.8, 4) is 11.5 Å². The molecule has 2 N–H and O–H groups in total. The van der Waals surface area contributed by atoms with Gasteiger partial charge < -0.3 is 10.5 Å². The summed E-state index contributed by atoms with van der Waals surface area (Å²) in [5.74, 6) is 0.400. The molecule has 1 unspecified atom stereocenters. The topological polar surface area (TPSA) is 35.2 Å². The quantitative estimate of drug-likeness (QED) is 0.887. The van der Waals surface area contributed by atoms with Crippen molar-refractivity contribution in [1.82, 2.24) is 0 Å². The summed E-state index contributed by atoms with van der Waals surface area (Å²) < 4.78 is 20.0. The zero-order valence-corrected chi connectivity index (χ0v) is 12.4. The molecule has 0 spiro atoms. The molecule has 0 amide bonds. The van der Waals surface area contributed by atoms with Crippen LogP contribution in [0.3, 0.4) is 0 Å². The van der Waals surface area contributed by atoms with Crippen LogP contribution in [0.5, 0.6) is 11.5 Å². The first-order valence-electron chi connectivity index (χ1n) is 5.96. The summed E-state index contributed by atoms with van der Waals surface area (Å²) in [5.41, 5.74) is 7.74. The molecule has 2 aromatic carbocycles. The minimum atomic E-state index is -0.381. The number of ether oxygens (including phenoxy) is 1. The molecule has 100 valence electrons. The molecule has 0 radical (unpaired) electrons. The summed E-state index contributed by atoms with van der Waals surface area (Å²) in [4.78, 5) is 0. The van der Waals surface area contributed by atoms with Gasteiger partial charge in [0.25, 0.3) is 0 Å². The summed E-state index contributed by atoms with van der Waals surface area (Å²) in [5, 5.41) is 0. The largest absolute Gasteiger partial charge is 0.453 e. The van der Waals surface area contributed by atoms with Gasteiger partial charge >= 0.3 is 0 Å². The van der Waals surface area contributed by atoms with E-state index in [4.69, 9.17) is 10.5 Å². The van der Waals surface area contributed by atoms with Gasteiger partial charge in [0.2, 0.25) is 0 Å². The van der Waals surface area contributed by atoms with Gasteiger partial charge in [-0.1, -0.05) is 12.1 Å². The molecule has 0 aliphatic carbocycles. The fourth-order valence-electron chi connectivity index (χ4n) is 1.69.